The number of allylic oxidation sites excluding steroid dienone is 1. The monoisotopic (exact) mass is 970 g/mol. The molecule has 13 aromatic rings. The Kier molecular flexibility index (Phi) is 11.3. The maximum Gasteiger partial charge on any atom is 0.160 e. The summed E-state index contributed by atoms with van der Waals surface area (Å²) in [5, 5.41) is 4.84. The van der Waals surface area contributed by atoms with E-state index in [0.717, 1.165) is 74.5 Å². The summed E-state index contributed by atoms with van der Waals surface area (Å²) in [6.45, 7) is 0. The van der Waals surface area contributed by atoms with E-state index in [1.54, 1.807) is 0 Å². The molecule has 0 unspecified atom stereocenters. The van der Waals surface area contributed by atoms with Crippen LogP contribution in [0.25, 0.3) is 105 Å². The van der Waals surface area contributed by atoms with Crippen molar-refractivity contribution in [1.82, 2.24) is 9.13 Å². The van der Waals surface area contributed by atoms with Crippen LogP contribution in [0.5, 0.6) is 0 Å². The molecule has 11 aromatic carbocycles. The minimum absolute atomic E-state index is 0.714. The molecule has 1 aliphatic heterocycles. The van der Waals surface area contributed by atoms with E-state index in [2.05, 4.69) is 282 Å². The van der Waals surface area contributed by atoms with Crippen molar-refractivity contribution in [2.24, 2.45) is 9.98 Å². The van der Waals surface area contributed by atoms with Gasteiger partial charge in [0.15, 0.2) is 5.84 Å². The van der Waals surface area contributed by atoms with Gasteiger partial charge in [-0.3, -0.25) is 0 Å². The van der Waals surface area contributed by atoms with E-state index in [-0.39, 0.29) is 0 Å². The van der Waals surface area contributed by atoms with Crippen molar-refractivity contribution in [1.29, 1.82) is 0 Å². The van der Waals surface area contributed by atoms with Crippen LogP contribution in [0, 0.1) is 0 Å². The van der Waals surface area contributed by atoms with Gasteiger partial charge >= 0.3 is 0 Å². The van der Waals surface area contributed by atoms with E-state index in [1.807, 2.05) is 6.07 Å². The summed E-state index contributed by atoms with van der Waals surface area (Å²) in [5.74, 6) is 0.714. The van der Waals surface area contributed by atoms with Gasteiger partial charge in [0, 0.05) is 44.0 Å². The number of rotatable bonds is 9. The van der Waals surface area contributed by atoms with Crippen LogP contribution < -0.4 is 0 Å². The number of fused-ring (bicyclic) bond motifs is 6. The highest BCUT2D eigenvalue weighted by molar-refractivity contribution is 6.18. The molecule has 0 bridgehead atoms. The van der Waals surface area contributed by atoms with Crippen molar-refractivity contribution in [3.05, 3.63) is 296 Å². The first-order valence-corrected chi connectivity index (χ1v) is 26.2. The van der Waals surface area contributed by atoms with Crippen molar-refractivity contribution in [3.8, 4) is 55.9 Å². The average molecular weight is 971 g/mol. The van der Waals surface area contributed by atoms with E-state index in [0.29, 0.717) is 5.84 Å². The van der Waals surface area contributed by atoms with Crippen LogP contribution >= 0.6 is 0 Å². The fourth-order valence-electron chi connectivity index (χ4n) is 11.4. The topological polar surface area (TPSA) is 34.6 Å². The predicted molar refractivity (Wildman–Crippen MR) is 320 cm³/mol. The first-order valence-electron chi connectivity index (χ1n) is 26.2. The Hall–Kier alpha value is -9.90. The summed E-state index contributed by atoms with van der Waals surface area (Å²) in [4.78, 5) is 10.7. The molecular formula is C72H50N4. The van der Waals surface area contributed by atoms with Crippen molar-refractivity contribution < 1.29 is 0 Å². The van der Waals surface area contributed by atoms with Gasteiger partial charge in [0.1, 0.15) is 0 Å². The third-order valence-corrected chi connectivity index (χ3v) is 15.0. The number of amidine groups is 1. The number of nitrogens with zero attached hydrogens (tertiary/aromatic N) is 4. The predicted octanol–water partition coefficient (Wildman–Crippen LogP) is 18.6. The minimum atomic E-state index is 0.714. The second-order valence-corrected chi connectivity index (χ2v) is 19.6. The third-order valence-electron chi connectivity index (χ3n) is 15.0. The zero-order chi connectivity index (χ0) is 50.4. The SMILES string of the molecule is C1=C(c2cccc(-c3cccc4c3c3cc(-c5ccc6c(c5)c5ccccc5n6-c5cccc(-c6ccccc6)c5)ccc3n4-c3cccc(-c4ccccc4)c3)c2)N=C(c2ccccc2)N=C(c2ccccc2)CC1. The molecule has 0 atom stereocenters. The van der Waals surface area contributed by atoms with Gasteiger partial charge in [0.25, 0.3) is 0 Å². The second kappa shape index (κ2) is 19.2. The lowest BCUT2D eigenvalue weighted by Crippen LogP contribution is -2.09. The highest BCUT2D eigenvalue weighted by Gasteiger charge is 2.21. The molecule has 0 radical (unpaired) electrons. The highest BCUT2D eigenvalue weighted by Crippen LogP contribution is 2.43. The van der Waals surface area contributed by atoms with Gasteiger partial charge < -0.3 is 9.13 Å². The Balaban J connectivity index is 0.932. The van der Waals surface area contributed by atoms with Crippen LogP contribution in [0.15, 0.2) is 289 Å². The number of hydrogen-bond acceptors (Lipinski definition) is 2. The molecule has 0 spiro atoms. The average Bonchev–Trinajstić information content (AvgIpc) is 4.04. The van der Waals surface area contributed by atoms with Gasteiger partial charge in [-0.25, -0.2) is 9.98 Å². The van der Waals surface area contributed by atoms with Gasteiger partial charge in [-0.05, 0) is 130 Å². The molecule has 0 saturated heterocycles. The Morgan fingerprint density at radius 2 is 0.763 bits per heavy atom. The molecule has 358 valence electrons. The van der Waals surface area contributed by atoms with Crippen LogP contribution in [0.1, 0.15) is 29.5 Å². The van der Waals surface area contributed by atoms with Crippen LogP contribution in [-0.2, 0) is 0 Å². The number of aromatic nitrogens is 2. The van der Waals surface area contributed by atoms with Crippen molar-refractivity contribution >= 4 is 60.9 Å². The van der Waals surface area contributed by atoms with Gasteiger partial charge in [-0.15, -0.1) is 0 Å². The largest absolute Gasteiger partial charge is 0.309 e. The van der Waals surface area contributed by atoms with Gasteiger partial charge in [0.2, 0.25) is 0 Å². The quantitative estimate of drug-likeness (QED) is 0.138. The van der Waals surface area contributed by atoms with Gasteiger partial charge in [-0.1, -0.05) is 212 Å². The fraction of sp³-hybridized carbons (Fsp3) is 0.0278. The van der Waals surface area contributed by atoms with Crippen molar-refractivity contribution in [2.45, 2.75) is 12.8 Å². The zero-order valence-electron chi connectivity index (χ0n) is 41.8. The van der Waals surface area contributed by atoms with E-state index < -0.39 is 0 Å². The maximum absolute atomic E-state index is 5.38. The summed E-state index contributed by atoms with van der Waals surface area (Å²) in [7, 11) is 0. The summed E-state index contributed by atoms with van der Waals surface area (Å²) < 4.78 is 4.86. The summed E-state index contributed by atoms with van der Waals surface area (Å²) >= 11 is 0. The van der Waals surface area contributed by atoms with Crippen molar-refractivity contribution in [2.75, 3.05) is 0 Å². The molecule has 0 fully saturated rings. The number of hydrogen-bond donors (Lipinski definition) is 0. The number of para-hydroxylation sites is 1. The molecule has 1 aliphatic rings. The van der Waals surface area contributed by atoms with Gasteiger partial charge in [0.05, 0.1) is 33.5 Å². The second-order valence-electron chi connectivity index (χ2n) is 19.6. The minimum Gasteiger partial charge on any atom is -0.309 e. The Bertz CT molecular complexity index is 4430. The number of benzene rings is 11. The lowest BCUT2D eigenvalue weighted by molar-refractivity contribution is 1.08. The summed E-state index contributed by atoms with van der Waals surface area (Å²) in [6.07, 6.45) is 3.91. The third kappa shape index (κ3) is 8.14. The Morgan fingerprint density at radius 1 is 0.289 bits per heavy atom. The standard InChI is InChI=1S/C72H50N4/c1-5-20-49(21-6-1)53-28-16-32-59(45-53)75-67-38-14-13-34-62(67)63-47-55(40-42-68(63)75)56-41-43-69-64(48-56)71-61(35-18-39-70(71)76(69)60-33-17-29-54(46-60)50-22-7-2-8-23-50)57-30-15-31-58(44-57)66-37-19-36-65(51-24-9-3-10-25-51)73-72(74-66)52-26-11-4-12-27-52/h1-18,20-35,37-48H,19,36H2. The molecule has 4 heteroatoms. The molecular weight excluding hydrogens is 921 g/mol. The van der Waals surface area contributed by atoms with Crippen LogP contribution in [0.3, 0.4) is 0 Å². The molecule has 0 amide bonds. The molecule has 4 nitrogen and oxygen atoms in total. The first-order chi connectivity index (χ1) is 37.7. The molecule has 0 saturated carbocycles. The molecule has 0 aliphatic carbocycles. The summed E-state index contributed by atoms with van der Waals surface area (Å²) in [6, 6.07) is 98.6. The summed E-state index contributed by atoms with van der Waals surface area (Å²) in [5.41, 5.74) is 21.4. The lowest BCUT2D eigenvalue weighted by Gasteiger charge is -2.14. The first kappa shape index (κ1) is 44.8. The van der Waals surface area contributed by atoms with Crippen LogP contribution in [0.4, 0.5) is 0 Å². The lowest BCUT2D eigenvalue weighted by atomic mass is 9.95. The van der Waals surface area contributed by atoms with E-state index in [4.69, 9.17) is 9.98 Å². The number of aliphatic imine (C=N–C) groups is 2. The fourth-order valence-corrected chi connectivity index (χ4v) is 11.4. The maximum atomic E-state index is 5.38. The molecule has 2 aromatic heterocycles. The smallest absolute Gasteiger partial charge is 0.160 e. The molecule has 14 rings (SSSR count). The van der Waals surface area contributed by atoms with Crippen LogP contribution in [-0.4, -0.2) is 20.7 Å². The van der Waals surface area contributed by atoms with Crippen molar-refractivity contribution in [3.63, 3.8) is 0 Å². The Morgan fingerprint density at radius 3 is 1.43 bits per heavy atom. The Labute approximate surface area is 442 Å². The van der Waals surface area contributed by atoms with E-state index >= 15 is 0 Å². The molecule has 3 heterocycles. The van der Waals surface area contributed by atoms with Gasteiger partial charge in [-0.2, -0.15) is 0 Å². The van der Waals surface area contributed by atoms with E-state index in [9.17, 15) is 0 Å². The van der Waals surface area contributed by atoms with E-state index in [1.165, 1.54) is 66.0 Å². The molecule has 0 N–H and O–H groups in total. The van der Waals surface area contributed by atoms with Crippen LogP contribution in [0.2, 0.25) is 0 Å². The normalized spacial score (nSPS) is 12.9. The highest BCUT2D eigenvalue weighted by atomic mass is 15.0. The zero-order valence-corrected chi connectivity index (χ0v) is 41.8. The molecule has 76 heavy (non-hydrogen) atoms.